The smallest absolute Gasteiger partial charge is 0.0962 e. The Balaban J connectivity index is 1.74. The van der Waals surface area contributed by atoms with Gasteiger partial charge in [0.25, 0.3) is 0 Å². The number of benzene rings is 1. The largest absolute Gasteiger partial charge is 0.387 e. The van der Waals surface area contributed by atoms with E-state index >= 15 is 0 Å². The number of thiazole rings is 1. The van der Waals surface area contributed by atoms with Gasteiger partial charge in [-0.15, -0.1) is 22.7 Å². The van der Waals surface area contributed by atoms with E-state index in [-0.39, 0.29) is 0 Å². The highest BCUT2D eigenvalue weighted by molar-refractivity contribution is 9.11. The van der Waals surface area contributed by atoms with Gasteiger partial charge in [-0.1, -0.05) is 30.3 Å². The van der Waals surface area contributed by atoms with Crippen LogP contribution in [0, 0.1) is 0 Å². The molecule has 1 N–H and O–H groups in total. The number of rotatable bonds is 4. The maximum absolute atomic E-state index is 10.2. The van der Waals surface area contributed by atoms with E-state index in [4.69, 9.17) is 0 Å². The number of halogens is 1. The molecule has 5 heteroatoms. The van der Waals surface area contributed by atoms with Gasteiger partial charge in [-0.25, -0.2) is 4.98 Å². The van der Waals surface area contributed by atoms with Crippen LogP contribution < -0.4 is 0 Å². The first-order valence-electron chi connectivity index (χ1n) is 6.15. The van der Waals surface area contributed by atoms with Crippen LogP contribution in [-0.4, -0.2) is 10.1 Å². The van der Waals surface area contributed by atoms with Crippen molar-refractivity contribution in [2.24, 2.45) is 0 Å². The molecule has 0 aliphatic heterocycles. The Bertz CT molecular complexity index is 693. The fourth-order valence-corrected chi connectivity index (χ4v) is 4.17. The van der Waals surface area contributed by atoms with Gasteiger partial charge in [0.15, 0.2) is 0 Å². The van der Waals surface area contributed by atoms with Gasteiger partial charge in [0, 0.05) is 22.2 Å². The molecular weight excluding hydrogens is 354 g/mol. The van der Waals surface area contributed by atoms with Crippen molar-refractivity contribution in [3.63, 3.8) is 0 Å². The van der Waals surface area contributed by atoms with Crippen LogP contribution in [0.1, 0.15) is 16.0 Å². The average Bonchev–Trinajstić information content (AvgIpc) is 3.09. The summed E-state index contributed by atoms with van der Waals surface area (Å²) >= 11 is 6.57. The van der Waals surface area contributed by atoms with Crippen LogP contribution in [-0.2, 0) is 6.42 Å². The second kappa shape index (κ2) is 6.18. The molecule has 1 unspecified atom stereocenters. The Hall–Kier alpha value is -1.01. The lowest BCUT2D eigenvalue weighted by atomic mass is 10.2. The van der Waals surface area contributed by atoms with Crippen molar-refractivity contribution in [1.29, 1.82) is 0 Å². The molecule has 1 atom stereocenters. The molecule has 0 spiro atoms. The molecule has 0 bridgehead atoms. The van der Waals surface area contributed by atoms with Crippen molar-refractivity contribution in [3.8, 4) is 11.3 Å². The van der Waals surface area contributed by atoms with Crippen LogP contribution in [0.2, 0.25) is 0 Å². The normalized spacial score (nSPS) is 12.5. The van der Waals surface area contributed by atoms with E-state index in [2.05, 4.69) is 20.9 Å². The van der Waals surface area contributed by atoms with Crippen molar-refractivity contribution < 1.29 is 5.11 Å². The SMILES string of the molecule is OC(Cc1nc(-c2ccccc2)cs1)c1ccc(Br)s1. The summed E-state index contributed by atoms with van der Waals surface area (Å²) in [4.78, 5) is 5.57. The minimum Gasteiger partial charge on any atom is -0.387 e. The minimum absolute atomic E-state index is 0.485. The average molecular weight is 366 g/mol. The van der Waals surface area contributed by atoms with Gasteiger partial charge in [0.1, 0.15) is 0 Å². The third-order valence-electron chi connectivity index (χ3n) is 2.91. The Kier molecular flexibility index (Phi) is 4.31. The first kappa shape index (κ1) is 13.9. The zero-order valence-electron chi connectivity index (χ0n) is 10.5. The quantitative estimate of drug-likeness (QED) is 0.712. The number of nitrogens with zero attached hydrogens (tertiary/aromatic N) is 1. The van der Waals surface area contributed by atoms with Crippen molar-refractivity contribution in [3.05, 3.63) is 61.5 Å². The highest BCUT2D eigenvalue weighted by Crippen LogP contribution is 2.30. The summed E-state index contributed by atoms with van der Waals surface area (Å²) < 4.78 is 1.04. The van der Waals surface area contributed by atoms with Gasteiger partial charge in [-0.3, -0.25) is 0 Å². The Labute approximate surface area is 133 Å². The van der Waals surface area contributed by atoms with Gasteiger partial charge in [-0.2, -0.15) is 0 Å². The minimum atomic E-state index is -0.485. The summed E-state index contributed by atoms with van der Waals surface area (Å²) in [5, 5.41) is 13.2. The lowest BCUT2D eigenvalue weighted by Crippen LogP contribution is -1.99. The monoisotopic (exact) mass is 365 g/mol. The van der Waals surface area contributed by atoms with Gasteiger partial charge in [0.2, 0.25) is 0 Å². The molecule has 2 heterocycles. The van der Waals surface area contributed by atoms with E-state index in [1.54, 1.807) is 22.7 Å². The highest BCUT2D eigenvalue weighted by Gasteiger charge is 2.13. The molecule has 0 saturated heterocycles. The number of hydrogen-bond acceptors (Lipinski definition) is 4. The zero-order valence-corrected chi connectivity index (χ0v) is 13.7. The predicted molar refractivity (Wildman–Crippen MR) is 88.2 cm³/mol. The summed E-state index contributed by atoms with van der Waals surface area (Å²) in [7, 11) is 0. The number of thiophene rings is 1. The molecule has 2 nitrogen and oxygen atoms in total. The lowest BCUT2D eigenvalue weighted by Gasteiger charge is -2.05. The molecule has 0 fully saturated rings. The molecule has 0 aliphatic rings. The molecule has 1 aromatic carbocycles. The molecular formula is C15H12BrNOS2. The second-order valence-corrected chi connectivity index (χ2v) is 7.79. The van der Waals surface area contributed by atoms with E-state index < -0.39 is 6.10 Å². The number of aromatic nitrogens is 1. The van der Waals surface area contributed by atoms with Crippen molar-refractivity contribution in [2.45, 2.75) is 12.5 Å². The Morgan fingerprint density at radius 3 is 2.65 bits per heavy atom. The van der Waals surface area contributed by atoms with E-state index in [0.29, 0.717) is 6.42 Å². The van der Waals surface area contributed by atoms with Gasteiger partial charge < -0.3 is 5.11 Å². The van der Waals surface area contributed by atoms with Crippen LogP contribution in [0.15, 0.2) is 51.6 Å². The van der Waals surface area contributed by atoms with Gasteiger partial charge in [0.05, 0.1) is 20.6 Å². The number of aliphatic hydroxyl groups is 1. The molecule has 0 aliphatic carbocycles. The number of hydrogen-bond donors (Lipinski definition) is 1. The molecule has 102 valence electrons. The van der Waals surface area contributed by atoms with Gasteiger partial charge >= 0.3 is 0 Å². The van der Waals surface area contributed by atoms with Crippen molar-refractivity contribution in [1.82, 2.24) is 4.98 Å². The fourth-order valence-electron chi connectivity index (χ4n) is 1.92. The number of aliphatic hydroxyl groups excluding tert-OH is 1. The molecule has 2 aromatic heterocycles. The second-order valence-electron chi connectivity index (χ2n) is 4.35. The fraction of sp³-hybridized carbons (Fsp3) is 0.133. The standard InChI is InChI=1S/C15H12BrNOS2/c16-14-7-6-13(20-14)12(18)8-15-17-11(9-19-15)10-4-2-1-3-5-10/h1-7,9,12,18H,8H2. The molecule has 0 radical (unpaired) electrons. The third kappa shape index (κ3) is 3.17. The van der Waals surface area contributed by atoms with Crippen molar-refractivity contribution >= 4 is 38.6 Å². The van der Waals surface area contributed by atoms with Crippen molar-refractivity contribution in [2.75, 3.05) is 0 Å². The summed E-state index contributed by atoms with van der Waals surface area (Å²) in [5.74, 6) is 0. The van der Waals surface area contributed by atoms with Crippen LogP contribution in [0.4, 0.5) is 0 Å². The Morgan fingerprint density at radius 1 is 1.15 bits per heavy atom. The lowest BCUT2D eigenvalue weighted by molar-refractivity contribution is 0.182. The van der Waals surface area contributed by atoms with E-state index in [0.717, 1.165) is 24.9 Å². The molecule has 20 heavy (non-hydrogen) atoms. The van der Waals surface area contributed by atoms with Crippen LogP contribution in [0.5, 0.6) is 0 Å². The molecule has 3 aromatic rings. The van der Waals surface area contributed by atoms with E-state index in [1.165, 1.54) is 0 Å². The van der Waals surface area contributed by atoms with E-state index in [1.807, 2.05) is 47.8 Å². The van der Waals surface area contributed by atoms with E-state index in [9.17, 15) is 5.11 Å². The Morgan fingerprint density at radius 2 is 1.95 bits per heavy atom. The molecule has 0 amide bonds. The summed E-state index contributed by atoms with van der Waals surface area (Å²) in [6.45, 7) is 0. The highest BCUT2D eigenvalue weighted by atomic mass is 79.9. The summed E-state index contributed by atoms with van der Waals surface area (Å²) in [6.07, 6.45) is 0.0749. The molecule has 0 saturated carbocycles. The van der Waals surface area contributed by atoms with Crippen LogP contribution in [0.25, 0.3) is 11.3 Å². The maximum Gasteiger partial charge on any atom is 0.0962 e. The first-order valence-corrected chi connectivity index (χ1v) is 8.64. The predicted octanol–water partition coefficient (Wildman–Crippen LogP) is 4.91. The maximum atomic E-state index is 10.2. The van der Waals surface area contributed by atoms with Crippen LogP contribution in [0.3, 0.4) is 0 Å². The van der Waals surface area contributed by atoms with Crippen LogP contribution >= 0.6 is 38.6 Å². The third-order valence-corrected chi connectivity index (χ3v) is 5.51. The zero-order chi connectivity index (χ0) is 13.9. The van der Waals surface area contributed by atoms with Gasteiger partial charge in [-0.05, 0) is 28.1 Å². The summed E-state index contributed by atoms with van der Waals surface area (Å²) in [5.41, 5.74) is 2.09. The molecule has 3 rings (SSSR count). The topological polar surface area (TPSA) is 33.1 Å². The first-order chi connectivity index (χ1) is 9.72. The summed E-state index contributed by atoms with van der Waals surface area (Å²) in [6, 6.07) is 14.0.